The number of H-pyrrole nitrogens is 1. The van der Waals surface area contributed by atoms with Crippen molar-refractivity contribution < 1.29 is 14.4 Å². The second-order valence-electron chi connectivity index (χ2n) is 6.92. The summed E-state index contributed by atoms with van der Waals surface area (Å²) >= 11 is 0. The lowest BCUT2D eigenvalue weighted by molar-refractivity contribution is -0.130. The first-order valence-corrected chi connectivity index (χ1v) is 9.17. The fourth-order valence-electron chi connectivity index (χ4n) is 3.60. The van der Waals surface area contributed by atoms with Crippen LogP contribution < -0.4 is 0 Å². The summed E-state index contributed by atoms with van der Waals surface area (Å²) in [6.07, 6.45) is 4.75. The number of aromatic nitrogens is 2. The summed E-state index contributed by atoms with van der Waals surface area (Å²) in [4.78, 5) is 48.6. The van der Waals surface area contributed by atoms with Gasteiger partial charge in [-0.15, -0.1) is 0 Å². The van der Waals surface area contributed by atoms with Crippen molar-refractivity contribution in [2.45, 2.75) is 20.4 Å². The van der Waals surface area contributed by atoms with Gasteiger partial charge in [0.15, 0.2) is 0 Å². The molecule has 1 N–H and O–H groups in total. The molecule has 1 aromatic carbocycles. The predicted octanol–water partition coefficient (Wildman–Crippen LogP) is 2.75. The Labute approximate surface area is 169 Å². The van der Waals surface area contributed by atoms with Crippen molar-refractivity contribution in [3.05, 3.63) is 66.1 Å². The summed E-state index contributed by atoms with van der Waals surface area (Å²) in [6.45, 7) is 2.96. The van der Waals surface area contributed by atoms with Crippen LogP contribution in [0.1, 0.15) is 35.1 Å². The molecule has 0 bridgehead atoms. The molecule has 29 heavy (non-hydrogen) atoms. The SMILES string of the molecule is C.C[C@@H]1CN(C(=O)c2ccccc2)CCN1C(=O)C(=O)c1c[nH]c2ccncc12. The van der Waals surface area contributed by atoms with Gasteiger partial charge in [0, 0.05) is 60.7 Å². The van der Waals surface area contributed by atoms with Crippen molar-refractivity contribution >= 4 is 28.5 Å². The van der Waals surface area contributed by atoms with Crippen LogP contribution in [0.2, 0.25) is 0 Å². The maximum absolute atomic E-state index is 12.8. The van der Waals surface area contributed by atoms with E-state index in [1.54, 1.807) is 46.6 Å². The summed E-state index contributed by atoms with van der Waals surface area (Å²) in [5.74, 6) is -1.17. The van der Waals surface area contributed by atoms with E-state index in [0.717, 1.165) is 5.52 Å². The number of pyridine rings is 1. The molecule has 3 heterocycles. The number of hydrogen-bond acceptors (Lipinski definition) is 4. The number of carbonyl (C=O) groups is 3. The molecule has 1 aliphatic heterocycles. The molecule has 4 rings (SSSR count). The van der Waals surface area contributed by atoms with Gasteiger partial charge >= 0.3 is 0 Å². The summed E-state index contributed by atoms with van der Waals surface area (Å²) in [5.41, 5.74) is 1.71. The molecule has 0 spiro atoms. The predicted molar refractivity (Wildman–Crippen MR) is 111 cm³/mol. The number of hydrogen-bond donors (Lipinski definition) is 1. The monoisotopic (exact) mass is 392 g/mol. The summed E-state index contributed by atoms with van der Waals surface area (Å²) < 4.78 is 0. The zero-order valence-corrected chi connectivity index (χ0v) is 15.5. The summed E-state index contributed by atoms with van der Waals surface area (Å²) in [5, 5.41) is 0.631. The average Bonchev–Trinajstić information content (AvgIpc) is 3.17. The third-order valence-corrected chi connectivity index (χ3v) is 5.12. The van der Waals surface area contributed by atoms with E-state index in [-0.39, 0.29) is 19.4 Å². The van der Waals surface area contributed by atoms with E-state index in [2.05, 4.69) is 9.97 Å². The van der Waals surface area contributed by atoms with Crippen LogP contribution in [0.3, 0.4) is 0 Å². The highest BCUT2D eigenvalue weighted by Crippen LogP contribution is 2.20. The smallest absolute Gasteiger partial charge is 0.295 e. The Morgan fingerprint density at radius 1 is 1.10 bits per heavy atom. The molecule has 0 saturated carbocycles. The summed E-state index contributed by atoms with van der Waals surface area (Å²) in [6, 6.07) is 10.6. The molecule has 2 aromatic heterocycles. The van der Waals surface area contributed by atoms with Crippen LogP contribution >= 0.6 is 0 Å². The number of rotatable bonds is 3. The van der Waals surface area contributed by atoms with E-state index < -0.39 is 11.7 Å². The van der Waals surface area contributed by atoms with Gasteiger partial charge in [-0.2, -0.15) is 0 Å². The zero-order valence-electron chi connectivity index (χ0n) is 15.5. The largest absolute Gasteiger partial charge is 0.360 e. The molecule has 0 radical (unpaired) electrons. The molecular formula is C22H24N4O3. The number of fused-ring (bicyclic) bond motifs is 1. The van der Waals surface area contributed by atoms with Crippen molar-refractivity contribution in [2.75, 3.05) is 19.6 Å². The molecule has 2 amide bonds. The van der Waals surface area contributed by atoms with E-state index in [9.17, 15) is 14.4 Å². The highest BCUT2D eigenvalue weighted by atomic mass is 16.2. The molecule has 7 heteroatoms. The van der Waals surface area contributed by atoms with Crippen molar-refractivity contribution in [1.29, 1.82) is 0 Å². The van der Waals surface area contributed by atoms with Gasteiger partial charge in [-0.05, 0) is 25.1 Å². The number of amides is 2. The van der Waals surface area contributed by atoms with Gasteiger partial charge in [0.25, 0.3) is 17.6 Å². The van der Waals surface area contributed by atoms with Crippen LogP contribution in [0.15, 0.2) is 55.0 Å². The van der Waals surface area contributed by atoms with E-state index in [1.807, 2.05) is 25.1 Å². The number of nitrogens with zero attached hydrogens (tertiary/aromatic N) is 3. The third-order valence-electron chi connectivity index (χ3n) is 5.12. The Kier molecular flexibility index (Phi) is 5.77. The zero-order chi connectivity index (χ0) is 19.7. The Balaban J connectivity index is 0.00000240. The number of carbonyl (C=O) groups excluding carboxylic acids is 3. The number of piperazine rings is 1. The lowest BCUT2D eigenvalue weighted by Crippen LogP contribution is -2.56. The summed E-state index contributed by atoms with van der Waals surface area (Å²) in [7, 11) is 0. The highest BCUT2D eigenvalue weighted by Gasteiger charge is 2.34. The Morgan fingerprint density at radius 2 is 1.86 bits per heavy atom. The molecule has 0 unspecified atom stereocenters. The van der Waals surface area contributed by atoms with Crippen molar-refractivity contribution in [1.82, 2.24) is 19.8 Å². The van der Waals surface area contributed by atoms with Crippen LogP contribution in [0.4, 0.5) is 0 Å². The fraction of sp³-hybridized carbons (Fsp3) is 0.273. The first-order chi connectivity index (χ1) is 13.6. The lowest BCUT2D eigenvalue weighted by atomic mass is 10.1. The molecule has 7 nitrogen and oxygen atoms in total. The third kappa shape index (κ3) is 3.76. The molecular weight excluding hydrogens is 368 g/mol. The van der Waals surface area contributed by atoms with Gasteiger partial charge in [0.2, 0.25) is 0 Å². The Bertz CT molecular complexity index is 1040. The highest BCUT2D eigenvalue weighted by molar-refractivity contribution is 6.44. The molecule has 1 aliphatic rings. The Hall–Kier alpha value is -3.48. The van der Waals surface area contributed by atoms with Gasteiger partial charge in [-0.1, -0.05) is 25.6 Å². The molecule has 0 aliphatic carbocycles. The normalized spacial score (nSPS) is 16.4. The second-order valence-corrected chi connectivity index (χ2v) is 6.92. The van der Waals surface area contributed by atoms with Crippen molar-refractivity contribution in [2.24, 2.45) is 0 Å². The molecule has 1 fully saturated rings. The minimum absolute atomic E-state index is 0. The van der Waals surface area contributed by atoms with Gasteiger partial charge in [0.1, 0.15) is 0 Å². The van der Waals surface area contributed by atoms with Crippen LogP contribution in [0.5, 0.6) is 0 Å². The number of benzene rings is 1. The van der Waals surface area contributed by atoms with Crippen LogP contribution in [0.25, 0.3) is 10.9 Å². The number of nitrogens with one attached hydrogen (secondary N) is 1. The van der Waals surface area contributed by atoms with Crippen molar-refractivity contribution in [3.8, 4) is 0 Å². The van der Waals surface area contributed by atoms with Gasteiger partial charge in [-0.25, -0.2) is 0 Å². The van der Waals surface area contributed by atoms with Gasteiger partial charge < -0.3 is 14.8 Å². The van der Waals surface area contributed by atoms with E-state index in [4.69, 9.17) is 0 Å². The quantitative estimate of drug-likeness (QED) is 0.549. The van der Waals surface area contributed by atoms with Crippen LogP contribution in [-0.2, 0) is 4.79 Å². The average molecular weight is 392 g/mol. The van der Waals surface area contributed by atoms with Gasteiger partial charge in [-0.3, -0.25) is 19.4 Å². The maximum atomic E-state index is 12.8. The molecule has 1 saturated heterocycles. The van der Waals surface area contributed by atoms with Crippen LogP contribution in [0, 0.1) is 0 Å². The van der Waals surface area contributed by atoms with E-state index >= 15 is 0 Å². The molecule has 3 aromatic rings. The molecule has 150 valence electrons. The lowest BCUT2D eigenvalue weighted by Gasteiger charge is -2.39. The first-order valence-electron chi connectivity index (χ1n) is 9.17. The first kappa shape index (κ1) is 20.3. The fourth-order valence-corrected chi connectivity index (χ4v) is 3.60. The number of Topliss-reactive ketones (excluding diaryl/α,β-unsaturated/α-hetero) is 1. The minimum Gasteiger partial charge on any atom is -0.360 e. The van der Waals surface area contributed by atoms with E-state index in [0.29, 0.717) is 36.1 Å². The number of aromatic amines is 1. The van der Waals surface area contributed by atoms with Crippen molar-refractivity contribution in [3.63, 3.8) is 0 Å². The minimum atomic E-state index is -0.561. The van der Waals surface area contributed by atoms with Crippen LogP contribution in [-0.4, -0.2) is 63.0 Å². The second kappa shape index (κ2) is 8.26. The Morgan fingerprint density at radius 3 is 2.59 bits per heavy atom. The molecule has 1 atom stereocenters. The van der Waals surface area contributed by atoms with Gasteiger partial charge in [0.05, 0.1) is 5.56 Å². The topological polar surface area (TPSA) is 86.4 Å². The standard InChI is InChI=1S/C21H20N4O3.CH4/c1-14-13-24(20(27)15-5-3-2-4-6-15)9-10-25(14)21(28)19(26)17-12-23-18-7-8-22-11-16(17)18;/h2-8,11-12,14,23H,9-10,13H2,1H3;1H4/t14-;/m1./s1. The van der Waals surface area contributed by atoms with E-state index in [1.165, 1.54) is 0 Å². The number of ketones is 1. The maximum Gasteiger partial charge on any atom is 0.295 e.